The number of hydrogen-bond acceptors (Lipinski definition) is 7. The maximum Gasteiger partial charge on any atom is 0.375 e. The molecule has 152 valence electrons. The predicted molar refractivity (Wildman–Crippen MR) is 106 cm³/mol. The second-order valence-electron chi connectivity index (χ2n) is 6.29. The lowest BCUT2D eigenvalue weighted by molar-refractivity contribution is 0.0441. The number of Topliss-reactive ketones (excluding diaryl/α,β-unsaturated/α-hetero) is 1. The van der Waals surface area contributed by atoms with E-state index in [0.29, 0.717) is 16.8 Å². The summed E-state index contributed by atoms with van der Waals surface area (Å²) in [5.41, 5.74) is 1.68. The average Bonchev–Trinajstić information content (AvgIpc) is 3.04. The van der Waals surface area contributed by atoms with Gasteiger partial charge in [0.15, 0.2) is 12.4 Å². The smallest absolute Gasteiger partial charge is 0.375 e. The van der Waals surface area contributed by atoms with Crippen molar-refractivity contribution in [2.45, 2.75) is 6.61 Å². The van der Waals surface area contributed by atoms with Crippen molar-refractivity contribution in [1.82, 2.24) is 0 Å². The van der Waals surface area contributed by atoms with Crippen LogP contribution in [0.4, 0.5) is 5.69 Å². The summed E-state index contributed by atoms with van der Waals surface area (Å²) >= 11 is 0. The standard InChI is InChI=1S/C20H19NO7S/c1-26-11-16-15-5-3-4-6-18(15)28-19(16)20(23)27-12-17(22)13-7-9-14(10-8-13)21-29(2,24)25/h3-10,21H,11-12H2,1-2H3. The molecular formula is C20H19NO7S. The molecule has 0 radical (unpaired) electrons. The number of anilines is 1. The fourth-order valence-electron chi connectivity index (χ4n) is 2.77. The van der Waals surface area contributed by atoms with Crippen LogP contribution in [0.3, 0.4) is 0 Å². The van der Waals surface area contributed by atoms with Crippen LogP contribution in [0.1, 0.15) is 26.5 Å². The van der Waals surface area contributed by atoms with E-state index in [0.717, 1.165) is 11.6 Å². The Labute approximate surface area is 167 Å². The number of esters is 1. The molecule has 0 bridgehead atoms. The SMILES string of the molecule is COCc1c(C(=O)OCC(=O)c2ccc(NS(C)(=O)=O)cc2)oc2ccccc12. The van der Waals surface area contributed by atoms with Gasteiger partial charge in [0.1, 0.15) is 5.58 Å². The first-order valence-corrected chi connectivity index (χ1v) is 10.4. The highest BCUT2D eigenvalue weighted by atomic mass is 32.2. The van der Waals surface area contributed by atoms with Gasteiger partial charge in [-0.05, 0) is 30.3 Å². The first-order chi connectivity index (χ1) is 13.8. The maximum absolute atomic E-state index is 12.5. The number of carbonyl (C=O) groups excluding carboxylic acids is 2. The first kappa shape index (κ1) is 20.6. The zero-order valence-corrected chi connectivity index (χ0v) is 16.6. The van der Waals surface area contributed by atoms with Gasteiger partial charge in [-0.3, -0.25) is 9.52 Å². The molecule has 0 aliphatic heterocycles. The Balaban J connectivity index is 1.70. The van der Waals surface area contributed by atoms with Gasteiger partial charge in [0, 0.05) is 29.3 Å². The Morgan fingerprint density at radius 2 is 1.76 bits per heavy atom. The van der Waals surface area contributed by atoms with Crippen LogP contribution in [0.2, 0.25) is 0 Å². The molecule has 0 aliphatic carbocycles. The molecule has 0 fully saturated rings. The summed E-state index contributed by atoms with van der Waals surface area (Å²) in [6.07, 6.45) is 1.03. The van der Waals surface area contributed by atoms with Gasteiger partial charge >= 0.3 is 5.97 Å². The Bertz CT molecular complexity index is 1150. The van der Waals surface area contributed by atoms with E-state index in [1.54, 1.807) is 18.2 Å². The molecule has 0 aliphatic rings. The number of methoxy groups -OCH3 is 1. The predicted octanol–water partition coefficient (Wildman–Crippen LogP) is 2.99. The Morgan fingerprint density at radius 3 is 2.41 bits per heavy atom. The van der Waals surface area contributed by atoms with Gasteiger partial charge in [0.05, 0.1) is 12.9 Å². The number of hydrogen-bond donors (Lipinski definition) is 1. The van der Waals surface area contributed by atoms with Gasteiger partial charge < -0.3 is 13.9 Å². The van der Waals surface area contributed by atoms with Gasteiger partial charge in [-0.15, -0.1) is 0 Å². The summed E-state index contributed by atoms with van der Waals surface area (Å²) in [6.45, 7) is -0.328. The third kappa shape index (κ3) is 5.01. The van der Waals surface area contributed by atoms with E-state index in [2.05, 4.69) is 4.72 Å². The fourth-order valence-corrected chi connectivity index (χ4v) is 3.33. The molecule has 3 aromatic rings. The number of nitrogens with one attached hydrogen (secondary N) is 1. The number of benzene rings is 2. The van der Waals surface area contributed by atoms with Crippen LogP contribution in [-0.4, -0.2) is 40.1 Å². The van der Waals surface area contributed by atoms with Crippen LogP contribution in [0.25, 0.3) is 11.0 Å². The molecular weight excluding hydrogens is 398 g/mol. The molecule has 0 amide bonds. The van der Waals surface area contributed by atoms with Crippen LogP contribution in [-0.2, 0) is 26.1 Å². The summed E-state index contributed by atoms with van der Waals surface area (Å²) < 4.78 is 40.6. The van der Waals surface area contributed by atoms with E-state index in [9.17, 15) is 18.0 Å². The molecule has 0 unspecified atom stereocenters. The van der Waals surface area contributed by atoms with Crippen molar-refractivity contribution in [2.24, 2.45) is 0 Å². The van der Waals surface area contributed by atoms with E-state index in [4.69, 9.17) is 13.9 Å². The van der Waals surface area contributed by atoms with E-state index in [1.807, 2.05) is 6.07 Å². The minimum atomic E-state index is -3.41. The van der Waals surface area contributed by atoms with Crippen molar-refractivity contribution in [3.8, 4) is 0 Å². The Hall–Kier alpha value is -3.17. The number of fused-ring (bicyclic) bond motifs is 1. The molecule has 1 aromatic heterocycles. The van der Waals surface area contributed by atoms with Crippen molar-refractivity contribution in [1.29, 1.82) is 0 Å². The lowest BCUT2D eigenvalue weighted by Crippen LogP contribution is -2.15. The normalized spacial score (nSPS) is 11.4. The van der Waals surface area contributed by atoms with Crippen molar-refractivity contribution in [3.05, 3.63) is 65.4 Å². The topological polar surface area (TPSA) is 112 Å². The van der Waals surface area contributed by atoms with Gasteiger partial charge in [-0.2, -0.15) is 0 Å². The van der Waals surface area contributed by atoms with Gasteiger partial charge in [-0.25, -0.2) is 13.2 Å². The van der Waals surface area contributed by atoms with Crippen molar-refractivity contribution < 1.29 is 31.9 Å². The average molecular weight is 417 g/mol. The summed E-state index contributed by atoms with van der Waals surface area (Å²) in [7, 11) is -1.90. The number of ether oxygens (including phenoxy) is 2. The number of ketones is 1. The highest BCUT2D eigenvalue weighted by Gasteiger charge is 2.22. The van der Waals surface area contributed by atoms with Crippen LogP contribution in [0.15, 0.2) is 52.9 Å². The number of furan rings is 1. The van der Waals surface area contributed by atoms with Crippen molar-refractivity contribution in [2.75, 3.05) is 24.7 Å². The lowest BCUT2D eigenvalue weighted by atomic mass is 10.1. The molecule has 1 heterocycles. The zero-order valence-electron chi connectivity index (χ0n) is 15.8. The van der Waals surface area contributed by atoms with E-state index in [-0.39, 0.29) is 17.9 Å². The monoisotopic (exact) mass is 417 g/mol. The molecule has 0 atom stereocenters. The van der Waals surface area contributed by atoms with Gasteiger partial charge in [0.25, 0.3) is 0 Å². The van der Waals surface area contributed by atoms with Crippen LogP contribution in [0, 0.1) is 0 Å². The molecule has 0 spiro atoms. The number of carbonyl (C=O) groups is 2. The van der Waals surface area contributed by atoms with Crippen LogP contribution < -0.4 is 4.72 Å². The summed E-state index contributed by atoms with van der Waals surface area (Å²) in [6, 6.07) is 12.9. The fraction of sp³-hybridized carbons (Fsp3) is 0.200. The van der Waals surface area contributed by atoms with Gasteiger partial charge in [-0.1, -0.05) is 18.2 Å². The summed E-state index contributed by atoms with van der Waals surface area (Å²) in [5.74, 6) is -1.21. The maximum atomic E-state index is 12.5. The molecule has 29 heavy (non-hydrogen) atoms. The Kier molecular flexibility index (Phi) is 6.00. The molecule has 3 rings (SSSR count). The molecule has 1 N–H and O–H groups in total. The van der Waals surface area contributed by atoms with E-state index < -0.39 is 28.4 Å². The second kappa shape index (κ2) is 8.46. The van der Waals surface area contributed by atoms with Gasteiger partial charge in [0.2, 0.25) is 15.8 Å². The van der Waals surface area contributed by atoms with Crippen molar-refractivity contribution in [3.63, 3.8) is 0 Å². The van der Waals surface area contributed by atoms with E-state index in [1.165, 1.54) is 31.4 Å². The summed E-state index contributed by atoms with van der Waals surface area (Å²) in [4.78, 5) is 24.7. The second-order valence-corrected chi connectivity index (χ2v) is 8.04. The lowest BCUT2D eigenvalue weighted by Gasteiger charge is -2.06. The summed E-state index contributed by atoms with van der Waals surface area (Å²) in [5, 5.41) is 0.738. The van der Waals surface area contributed by atoms with Crippen LogP contribution in [0.5, 0.6) is 0 Å². The molecule has 0 saturated carbocycles. The van der Waals surface area contributed by atoms with E-state index >= 15 is 0 Å². The van der Waals surface area contributed by atoms with Crippen molar-refractivity contribution >= 4 is 38.4 Å². The Morgan fingerprint density at radius 1 is 1.07 bits per heavy atom. The van der Waals surface area contributed by atoms with Crippen LogP contribution >= 0.6 is 0 Å². The first-order valence-electron chi connectivity index (χ1n) is 8.56. The largest absolute Gasteiger partial charge is 0.451 e. The molecule has 0 saturated heterocycles. The number of para-hydroxylation sites is 1. The number of rotatable bonds is 8. The minimum absolute atomic E-state index is 0.00597. The molecule has 2 aromatic carbocycles. The highest BCUT2D eigenvalue weighted by molar-refractivity contribution is 7.92. The highest BCUT2D eigenvalue weighted by Crippen LogP contribution is 2.27. The third-order valence-electron chi connectivity index (χ3n) is 4.02. The quantitative estimate of drug-likeness (QED) is 0.443. The molecule has 8 nitrogen and oxygen atoms in total. The molecule has 9 heteroatoms. The third-order valence-corrected chi connectivity index (χ3v) is 4.62. The zero-order chi connectivity index (χ0) is 21.0. The number of sulfonamides is 1. The minimum Gasteiger partial charge on any atom is -0.451 e.